The van der Waals surface area contributed by atoms with Crippen LogP contribution in [0.4, 0.5) is 13.2 Å². The maximum atomic E-state index is 12.4. The molecule has 1 aromatic heterocycles. The molecule has 1 atom stereocenters. The fourth-order valence-electron chi connectivity index (χ4n) is 3.55. The zero-order chi connectivity index (χ0) is 21.1. The summed E-state index contributed by atoms with van der Waals surface area (Å²) in [7, 11) is 0. The molecule has 1 unspecified atom stereocenters. The van der Waals surface area contributed by atoms with Crippen molar-refractivity contribution in [3.8, 4) is 11.5 Å². The van der Waals surface area contributed by atoms with Gasteiger partial charge in [0.05, 0.1) is 0 Å². The summed E-state index contributed by atoms with van der Waals surface area (Å²) in [6.07, 6.45) is -0.916. The van der Waals surface area contributed by atoms with E-state index in [1.165, 1.54) is 12.8 Å². The van der Waals surface area contributed by atoms with Crippen molar-refractivity contribution in [2.75, 3.05) is 13.2 Å². The number of nitrogens with zero attached hydrogens (tertiary/aromatic N) is 2. The first kappa shape index (κ1) is 21.3. The van der Waals surface area contributed by atoms with Crippen LogP contribution in [0.25, 0.3) is 11.5 Å². The summed E-state index contributed by atoms with van der Waals surface area (Å²) in [5.74, 6) is 0.494. The number of hydrogen-bond acceptors (Lipinski definition) is 5. The van der Waals surface area contributed by atoms with E-state index in [1.807, 2.05) is 0 Å². The molecule has 3 rings (SSSR count). The standard InChI is InChI=1S/C20H24F3N3O3/c1-19(2)9-3-4-15(19)10-24-17(27)13-5-7-14(8-6-13)18-25-16(26-29-18)11-28-12-20(21,22)23/h5-8,15H,3-4,9-12H2,1-2H3,(H,24,27). The Morgan fingerprint density at radius 2 is 2.03 bits per heavy atom. The van der Waals surface area contributed by atoms with Crippen molar-refractivity contribution in [2.45, 2.75) is 45.9 Å². The molecule has 2 aromatic rings. The van der Waals surface area contributed by atoms with Crippen LogP contribution >= 0.6 is 0 Å². The molecule has 0 spiro atoms. The molecule has 1 aliphatic carbocycles. The van der Waals surface area contributed by atoms with Gasteiger partial charge in [-0.25, -0.2) is 0 Å². The van der Waals surface area contributed by atoms with Gasteiger partial charge in [0.1, 0.15) is 13.2 Å². The average molecular weight is 411 g/mol. The molecule has 0 radical (unpaired) electrons. The lowest BCUT2D eigenvalue weighted by molar-refractivity contribution is -0.177. The number of hydrogen-bond donors (Lipinski definition) is 1. The van der Waals surface area contributed by atoms with Gasteiger partial charge in [-0.05, 0) is 48.4 Å². The van der Waals surface area contributed by atoms with E-state index in [0.29, 0.717) is 23.6 Å². The van der Waals surface area contributed by atoms with Gasteiger partial charge >= 0.3 is 6.18 Å². The number of nitrogens with one attached hydrogen (secondary N) is 1. The third kappa shape index (κ3) is 5.79. The van der Waals surface area contributed by atoms with E-state index in [9.17, 15) is 18.0 Å². The van der Waals surface area contributed by atoms with Crippen molar-refractivity contribution in [1.82, 2.24) is 15.5 Å². The molecule has 0 aliphatic heterocycles. The number of rotatable bonds is 7. The predicted octanol–water partition coefficient (Wildman–Crippen LogP) is 4.37. The summed E-state index contributed by atoms with van der Waals surface area (Å²) in [5.41, 5.74) is 1.32. The molecule has 1 saturated carbocycles. The molecule has 1 aromatic carbocycles. The number of amides is 1. The Labute approximate surface area is 166 Å². The molecule has 29 heavy (non-hydrogen) atoms. The van der Waals surface area contributed by atoms with Crippen LogP contribution in [-0.4, -0.2) is 35.4 Å². The Kier molecular flexibility index (Phi) is 6.26. The molecule has 1 fully saturated rings. The second-order valence-corrected chi connectivity index (χ2v) is 7.99. The van der Waals surface area contributed by atoms with E-state index in [0.717, 1.165) is 6.42 Å². The van der Waals surface area contributed by atoms with Crippen LogP contribution in [0.2, 0.25) is 0 Å². The van der Waals surface area contributed by atoms with Gasteiger partial charge in [-0.1, -0.05) is 25.4 Å². The van der Waals surface area contributed by atoms with Gasteiger partial charge in [0.25, 0.3) is 11.8 Å². The van der Waals surface area contributed by atoms with Crippen LogP contribution in [0.1, 0.15) is 49.3 Å². The number of aromatic nitrogens is 2. The van der Waals surface area contributed by atoms with Gasteiger partial charge in [-0.15, -0.1) is 0 Å². The molecule has 1 heterocycles. The molecular weight excluding hydrogens is 387 g/mol. The predicted molar refractivity (Wildman–Crippen MR) is 98.9 cm³/mol. The van der Waals surface area contributed by atoms with Crippen molar-refractivity contribution in [3.63, 3.8) is 0 Å². The molecule has 158 valence electrons. The number of benzene rings is 1. The third-order valence-corrected chi connectivity index (χ3v) is 5.35. The van der Waals surface area contributed by atoms with Crippen molar-refractivity contribution >= 4 is 5.91 Å². The molecule has 1 aliphatic rings. The van der Waals surface area contributed by atoms with Crippen LogP contribution in [0.15, 0.2) is 28.8 Å². The van der Waals surface area contributed by atoms with Gasteiger partial charge in [0.2, 0.25) is 0 Å². The highest BCUT2D eigenvalue weighted by Crippen LogP contribution is 2.42. The SMILES string of the molecule is CC1(C)CCCC1CNC(=O)c1ccc(-c2nc(COCC(F)(F)F)no2)cc1. The van der Waals surface area contributed by atoms with E-state index in [4.69, 9.17) is 4.52 Å². The van der Waals surface area contributed by atoms with Gasteiger partial charge in [-0.3, -0.25) is 4.79 Å². The molecule has 0 bridgehead atoms. The topological polar surface area (TPSA) is 77.2 Å². The van der Waals surface area contributed by atoms with E-state index in [-0.39, 0.29) is 23.0 Å². The second-order valence-electron chi connectivity index (χ2n) is 7.99. The van der Waals surface area contributed by atoms with Crippen LogP contribution in [0.5, 0.6) is 0 Å². The first-order valence-electron chi connectivity index (χ1n) is 9.50. The first-order valence-corrected chi connectivity index (χ1v) is 9.50. The summed E-state index contributed by atoms with van der Waals surface area (Å²) in [6.45, 7) is 3.34. The summed E-state index contributed by atoms with van der Waals surface area (Å²) in [5, 5.41) is 6.60. The van der Waals surface area contributed by atoms with Gasteiger partial charge < -0.3 is 14.6 Å². The van der Waals surface area contributed by atoms with Crippen LogP contribution < -0.4 is 5.32 Å². The smallest absolute Gasteiger partial charge is 0.364 e. The minimum atomic E-state index is -4.41. The molecule has 0 saturated heterocycles. The number of alkyl halides is 3. The Morgan fingerprint density at radius 1 is 1.31 bits per heavy atom. The van der Waals surface area contributed by atoms with Gasteiger partial charge in [0.15, 0.2) is 5.82 Å². The van der Waals surface area contributed by atoms with E-state index in [1.54, 1.807) is 24.3 Å². The van der Waals surface area contributed by atoms with Crippen molar-refractivity contribution in [1.29, 1.82) is 0 Å². The monoisotopic (exact) mass is 411 g/mol. The minimum absolute atomic E-state index is 0.0187. The fraction of sp³-hybridized carbons (Fsp3) is 0.550. The average Bonchev–Trinajstić information content (AvgIpc) is 3.25. The zero-order valence-corrected chi connectivity index (χ0v) is 16.4. The number of carbonyl (C=O) groups excluding carboxylic acids is 1. The van der Waals surface area contributed by atoms with Crippen molar-refractivity contribution in [3.05, 3.63) is 35.7 Å². The Morgan fingerprint density at radius 3 is 2.66 bits per heavy atom. The highest BCUT2D eigenvalue weighted by Gasteiger charge is 2.34. The zero-order valence-electron chi connectivity index (χ0n) is 16.4. The van der Waals surface area contributed by atoms with Crippen molar-refractivity contribution < 1.29 is 27.2 Å². The lowest BCUT2D eigenvalue weighted by Crippen LogP contribution is -2.33. The minimum Gasteiger partial charge on any atom is -0.364 e. The highest BCUT2D eigenvalue weighted by atomic mass is 19.4. The highest BCUT2D eigenvalue weighted by molar-refractivity contribution is 5.94. The molecule has 1 amide bonds. The van der Waals surface area contributed by atoms with E-state index >= 15 is 0 Å². The molecular formula is C20H24F3N3O3. The van der Waals surface area contributed by atoms with E-state index < -0.39 is 19.4 Å². The molecule has 6 nitrogen and oxygen atoms in total. The quantitative estimate of drug-likeness (QED) is 0.732. The van der Waals surface area contributed by atoms with Crippen LogP contribution in [0.3, 0.4) is 0 Å². The second kappa shape index (κ2) is 8.52. The Balaban J connectivity index is 1.54. The third-order valence-electron chi connectivity index (χ3n) is 5.35. The Hall–Kier alpha value is -2.42. The van der Waals surface area contributed by atoms with E-state index in [2.05, 4.69) is 34.0 Å². The maximum absolute atomic E-state index is 12.4. The lowest BCUT2D eigenvalue weighted by atomic mass is 9.82. The Bertz CT molecular complexity index is 831. The first-order chi connectivity index (χ1) is 13.6. The summed E-state index contributed by atoms with van der Waals surface area (Å²) >= 11 is 0. The fourth-order valence-corrected chi connectivity index (χ4v) is 3.55. The number of halogens is 3. The van der Waals surface area contributed by atoms with Crippen LogP contribution in [-0.2, 0) is 11.3 Å². The molecule has 9 heteroatoms. The normalized spacial score (nSPS) is 18.7. The number of carbonyl (C=O) groups is 1. The van der Waals surface area contributed by atoms with Gasteiger partial charge in [-0.2, -0.15) is 18.2 Å². The summed E-state index contributed by atoms with van der Waals surface area (Å²) < 4.78 is 45.8. The molecule has 1 N–H and O–H groups in total. The number of ether oxygens (including phenoxy) is 1. The van der Waals surface area contributed by atoms with Crippen LogP contribution in [0, 0.1) is 11.3 Å². The summed E-state index contributed by atoms with van der Waals surface area (Å²) in [4.78, 5) is 16.4. The van der Waals surface area contributed by atoms with Crippen molar-refractivity contribution in [2.24, 2.45) is 11.3 Å². The maximum Gasteiger partial charge on any atom is 0.411 e. The lowest BCUT2D eigenvalue weighted by Gasteiger charge is -2.27. The summed E-state index contributed by atoms with van der Waals surface area (Å²) in [6, 6.07) is 6.60. The largest absolute Gasteiger partial charge is 0.411 e. The van der Waals surface area contributed by atoms with Gasteiger partial charge in [0, 0.05) is 17.7 Å².